The van der Waals surface area contributed by atoms with Gasteiger partial charge in [-0.1, -0.05) is 48.5 Å². The average molecular weight is 360 g/mol. The van der Waals surface area contributed by atoms with Crippen molar-refractivity contribution in [3.63, 3.8) is 0 Å². The van der Waals surface area contributed by atoms with Gasteiger partial charge in [0.05, 0.1) is 24.4 Å². The molecule has 3 rings (SSSR count). The maximum absolute atomic E-state index is 5.84. The lowest BCUT2D eigenvalue weighted by Gasteiger charge is -2.08. The van der Waals surface area contributed by atoms with Crippen molar-refractivity contribution in [3.05, 3.63) is 65.9 Å². The number of aromatic nitrogens is 2. The summed E-state index contributed by atoms with van der Waals surface area (Å²) in [5.74, 6) is 0. The van der Waals surface area contributed by atoms with Gasteiger partial charge in [-0.3, -0.25) is 4.68 Å². The van der Waals surface area contributed by atoms with Crippen LogP contribution in [0.25, 0.3) is 10.9 Å². The average Bonchev–Trinajstić information content (AvgIpc) is 2.93. The molecule has 0 unspecified atom stereocenters. The highest BCUT2D eigenvalue weighted by Crippen LogP contribution is 2.20. The second-order valence-corrected chi connectivity index (χ2v) is 6.32. The first-order valence-corrected chi connectivity index (χ1v) is 8.45. The van der Waals surface area contributed by atoms with Crippen molar-refractivity contribution in [2.24, 2.45) is 0 Å². The van der Waals surface area contributed by atoms with E-state index in [0.29, 0.717) is 6.61 Å². The van der Waals surface area contributed by atoms with E-state index in [1.54, 1.807) is 0 Å². The monoisotopic (exact) mass is 359 g/mol. The zero-order valence-electron chi connectivity index (χ0n) is 14.9. The Morgan fingerprint density at radius 3 is 2.48 bits per heavy atom. The minimum atomic E-state index is 0. The molecule has 0 fully saturated rings. The van der Waals surface area contributed by atoms with Crippen LogP contribution >= 0.6 is 12.4 Å². The summed E-state index contributed by atoms with van der Waals surface area (Å²) >= 11 is 0. The largest absolute Gasteiger partial charge is 0.375 e. The van der Waals surface area contributed by atoms with Crippen LogP contribution < -0.4 is 0 Å². The molecule has 0 saturated heterocycles. The first-order chi connectivity index (χ1) is 11.7. The molecule has 0 saturated carbocycles. The first kappa shape index (κ1) is 19.4. The second kappa shape index (κ2) is 9.56. The molecule has 0 aliphatic carbocycles. The molecule has 0 spiro atoms. The molecule has 0 N–H and O–H groups in total. The summed E-state index contributed by atoms with van der Waals surface area (Å²) in [4.78, 5) is 2.17. The Bertz CT molecular complexity index is 771. The number of para-hydroxylation sites is 1. The lowest BCUT2D eigenvalue weighted by atomic mass is 10.2. The standard InChI is InChI=1S/C20H25N3O.ClH/c1-22(2)13-8-14-24-16-19-18-11-6-7-12-20(18)23(21-19)15-17-9-4-3-5-10-17;/h3-7,9-12H,8,13-16H2,1-2H3;1H. The third-order valence-electron chi connectivity index (χ3n) is 4.04. The maximum atomic E-state index is 5.84. The summed E-state index contributed by atoms with van der Waals surface area (Å²) in [5, 5.41) is 5.98. The summed E-state index contributed by atoms with van der Waals surface area (Å²) < 4.78 is 7.91. The van der Waals surface area contributed by atoms with Crippen LogP contribution in [0.3, 0.4) is 0 Å². The van der Waals surface area contributed by atoms with Crippen LogP contribution in [0.1, 0.15) is 17.7 Å². The van der Waals surface area contributed by atoms with E-state index in [0.717, 1.165) is 37.3 Å². The topological polar surface area (TPSA) is 30.3 Å². The fourth-order valence-electron chi connectivity index (χ4n) is 2.83. The molecule has 2 aromatic carbocycles. The number of nitrogens with zero attached hydrogens (tertiary/aromatic N) is 3. The minimum absolute atomic E-state index is 0. The summed E-state index contributed by atoms with van der Waals surface area (Å²) in [6.07, 6.45) is 1.04. The zero-order chi connectivity index (χ0) is 16.8. The van der Waals surface area contributed by atoms with Gasteiger partial charge in [-0.15, -0.1) is 12.4 Å². The van der Waals surface area contributed by atoms with Crippen LogP contribution in [0.5, 0.6) is 0 Å². The van der Waals surface area contributed by atoms with E-state index in [4.69, 9.17) is 9.84 Å². The van der Waals surface area contributed by atoms with Crippen molar-refractivity contribution in [1.82, 2.24) is 14.7 Å². The highest BCUT2D eigenvalue weighted by molar-refractivity contribution is 5.85. The van der Waals surface area contributed by atoms with Gasteiger partial charge in [0.15, 0.2) is 0 Å². The summed E-state index contributed by atoms with van der Waals surface area (Å²) in [7, 11) is 4.16. The smallest absolute Gasteiger partial charge is 0.0960 e. The number of hydrogen-bond donors (Lipinski definition) is 0. The Morgan fingerprint density at radius 1 is 1.00 bits per heavy atom. The van der Waals surface area contributed by atoms with Crippen molar-refractivity contribution in [2.45, 2.75) is 19.6 Å². The number of halogens is 1. The van der Waals surface area contributed by atoms with Gasteiger partial charge in [-0.05, 0) is 38.7 Å². The Kier molecular flexibility index (Phi) is 7.44. The van der Waals surface area contributed by atoms with Gasteiger partial charge < -0.3 is 9.64 Å². The SMILES string of the molecule is CN(C)CCCOCc1nn(Cc2ccccc2)c2ccccc12.Cl. The van der Waals surface area contributed by atoms with Crippen molar-refractivity contribution < 1.29 is 4.74 Å². The molecule has 1 heterocycles. The second-order valence-electron chi connectivity index (χ2n) is 6.32. The molecular formula is C20H26ClN3O. The van der Waals surface area contributed by atoms with E-state index < -0.39 is 0 Å². The highest BCUT2D eigenvalue weighted by atomic mass is 35.5. The fraction of sp³-hybridized carbons (Fsp3) is 0.350. The van der Waals surface area contributed by atoms with Gasteiger partial charge in [0.1, 0.15) is 0 Å². The molecular weight excluding hydrogens is 334 g/mol. The predicted molar refractivity (Wildman–Crippen MR) is 105 cm³/mol. The van der Waals surface area contributed by atoms with Gasteiger partial charge in [-0.2, -0.15) is 5.10 Å². The molecule has 25 heavy (non-hydrogen) atoms. The molecule has 0 atom stereocenters. The summed E-state index contributed by atoms with van der Waals surface area (Å²) in [5.41, 5.74) is 3.43. The van der Waals surface area contributed by atoms with E-state index >= 15 is 0 Å². The molecule has 0 aliphatic heterocycles. The lowest BCUT2D eigenvalue weighted by molar-refractivity contribution is 0.111. The van der Waals surface area contributed by atoms with Crippen LogP contribution in [0, 0.1) is 0 Å². The number of rotatable bonds is 8. The summed E-state index contributed by atoms with van der Waals surface area (Å²) in [6.45, 7) is 3.15. The van der Waals surface area contributed by atoms with Crippen LogP contribution in [0.4, 0.5) is 0 Å². The van der Waals surface area contributed by atoms with E-state index in [1.165, 1.54) is 10.9 Å². The van der Waals surface area contributed by atoms with Crippen LogP contribution in [-0.2, 0) is 17.9 Å². The molecule has 4 nitrogen and oxygen atoms in total. The van der Waals surface area contributed by atoms with Crippen LogP contribution in [0.15, 0.2) is 54.6 Å². The number of ether oxygens (including phenoxy) is 1. The minimum Gasteiger partial charge on any atom is -0.375 e. The molecule has 0 radical (unpaired) electrons. The van der Waals surface area contributed by atoms with E-state index in [2.05, 4.69) is 72.2 Å². The molecule has 5 heteroatoms. The van der Waals surface area contributed by atoms with Gasteiger partial charge in [0.2, 0.25) is 0 Å². The van der Waals surface area contributed by atoms with Gasteiger partial charge in [-0.25, -0.2) is 0 Å². The third-order valence-corrected chi connectivity index (χ3v) is 4.04. The molecule has 3 aromatic rings. The molecule has 1 aromatic heterocycles. The van der Waals surface area contributed by atoms with Crippen molar-refractivity contribution in [2.75, 3.05) is 27.2 Å². The quantitative estimate of drug-likeness (QED) is 0.570. The number of fused-ring (bicyclic) bond motifs is 1. The predicted octanol–water partition coefficient (Wildman–Crippen LogP) is 3.97. The van der Waals surface area contributed by atoms with Crippen molar-refractivity contribution in [1.29, 1.82) is 0 Å². The normalized spacial score (nSPS) is 11.0. The number of hydrogen-bond acceptors (Lipinski definition) is 3. The zero-order valence-corrected chi connectivity index (χ0v) is 15.7. The molecule has 0 aliphatic rings. The van der Waals surface area contributed by atoms with E-state index in [-0.39, 0.29) is 12.4 Å². The third kappa shape index (κ3) is 5.30. The number of benzene rings is 2. The molecule has 0 amide bonds. The van der Waals surface area contributed by atoms with Gasteiger partial charge >= 0.3 is 0 Å². The maximum Gasteiger partial charge on any atom is 0.0960 e. The Balaban J connectivity index is 0.00000225. The summed E-state index contributed by atoms with van der Waals surface area (Å²) in [6, 6.07) is 18.8. The van der Waals surface area contributed by atoms with Gasteiger partial charge in [0.25, 0.3) is 0 Å². The van der Waals surface area contributed by atoms with Gasteiger partial charge in [0, 0.05) is 12.0 Å². The van der Waals surface area contributed by atoms with Crippen molar-refractivity contribution >= 4 is 23.3 Å². The Hall–Kier alpha value is -1.88. The fourth-order valence-corrected chi connectivity index (χ4v) is 2.83. The van der Waals surface area contributed by atoms with E-state index in [9.17, 15) is 0 Å². The molecule has 134 valence electrons. The first-order valence-electron chi connectivity index (χ1n) is 8.45. The lowest BCUT2D eigenvalue weighted by Crippen LogP contribution is -2.14. The van der Waals surface area contributed by atoms with Crippen LogP contribution in [-0.4, -0.2) is 41.9 Å². The Morgan fingerprint density at radius 2 is 1.72 bits per heavy atom. The van der Waals surface area contributed by atoms with E-state index in [1.807, 2.05) is 6.07 Å². The van der Waals surface area contributed by atoms with Crippen molar-refractivity contribution in [3.8, 4) is 0 Å². The van der Waals surface area contributed by atoms with Crippen LogP contribution in [0.2, 0.25) is 0 Å². The molecule has 0 bridgehead atoms. The Labute approximate surface area is 155 Å². The highest BCUT2D eigenvalue weighted by Gasteiger charge is 2.10.